The maximum absolute atomic E-state index is 12.6. The molecule has 4 fully saturated rings. The van der Waals surface area contributed by atoms with Crippen molar-refractivity contribution >= 4 is 21.7 Å². The Labute approximate surface area is 168 Å². The Balaban J connectivity index is 1.62. The van der Waals surface area contributed by atoms with Gasteiger partial charge in [-0.25, -0.2) is 0 Å². The average Bonchev–Trinajstić information content (AvgIpc) is 2.97. The third kappa shape index (κ3) is 2.70. The Hall–Kier alpha value is 0.110. The maximum Gasteiger partial charge on any atom is 0.147 e. The third-order valence-corrected chi connectivity index (χ3v) is 10.4. The number of aliphatic hydroxyl groups is 1. The van der Waals surface area contributed by atoms with Gasteiger partial charge in [-0.2, -0.15) is 0 Å². The van der Waals surface area contributed by atoms with E-state index in [-0.39, 0.29) is 11.3 Å². The van der Waals surface area contributed by atoms with Crippen molar-refractivity contribution < 1.29 is 9.90 Å². The molecule has 0 aromatic rings. The van der Waals surface area contributed by atoms with Gasteiger partial charge in [0.15, 0.2) is 0 Å². The van der Waals surface area contributed by atoms with Crippen molar-refractivity contribution in [3.63, 3.8) is 0 Å². The number of hydrogen-bond acceptors (Lipinski definition) is 2. The van der Waals surface area contributed by atoms with Crippen molar-refractivity contribution in [2.24, 2.45) is 40.4 Å². The first kappa shape index (κ1) is 19.4. The second kappa shape index (κ2) is 6.58. The Morgan fingerprint density at radius 1 is 1.04 bits per heavy atom. The molecule has 8 atom stereocenters. The van der Waals surface area contributed by atoms with Crippen LogP contribution in [0.1, 0.15) is 85.0 Å². The van der Waals surface area contributed by atoms with Crippen LogP contribution < -0.4 is 0 Å². The van der Waals surface area contributed by atoms with Crippen molar-refractivity contribution in [1.82, 2.24) is 0 Å². The van der Waals surface area contributed by atoms with Crippen LogP contribution >= 0.6 is 15.9 Å². The minimum Gasteiger partial charge on any atom is -0.390 e. The van der Waals surface area contributed by atoms with Gasteiger partial charge in [0, 0.05) is 5.92 Å². The number of hydrogen-bond donors (Lipinski definition) is 1. The predicted octanol–water partition coefficient (Wildman–Crippen LogP) is 5.75. The standard InChI is InChI=1S/C23H37BrO2/c1-4-23-12-11-21(2,26)13-15(23)5-6-16-17-7-8-19(20(25)14-24)22(17,3)10-9-18(16)23/h15-19,26H,4-14H2,1-3H3/t15-,16-,17-,18-,19+,21+,22-,23-/m0/s1. The molecule has 3 heteroatoms. The lowest BCUT2D eigenvalue weighted by Crippen LogP contribution is -2.56. The van der Waals surface area contributed by atoms with Crippen LogP contribution in [0.3, 0.4) is 0 Å². The van der Waals surface area contributed by atoms with E-state index >= 15 is 0 Å². The van der Waals surface area contributed by atoms with Gasteiger partial charge in [-0.3, -0.25) is 4.79 Å². The van der Waals surface area contributed by atoms with E-state index in [9.17, 15) is 9.90 Å². The van der Waals surface area contributed by atoms with Crippen molar-refractivity contribution in [2.75, 3.05) is 5.33 Å². The molecule has 26 heavy (non-hydrogen) atoms. The number of ketones is 1. The first-order chi connectivity index (χ1) is 12.3. The topological polar surface area (TPSA) is 37.3 Å². The number of carbonyl (C=O) groups excluding carboxylic acids is 1. The van der Waals surface area contributed by atoms with E-state index in [1.165, 1.54) is 44.9 Å². The van der Waals surface area contributed by atoms with Gasteiger partial charge < -0.3 is 5.11 Å². The lowest BCUT2D eigenvalue weighted by molar-refractivity contribution is -0.158. The van der Waals surface area contributed by atoms with Crippen molar-refractivity contribution in [2.45, 2.75) is 90.6 Å². The Morgan fingerprint density at radius 2 is 1.81 bits per heavy atom. The second-order valence-electron chi connectivity index (χ2n) is 10.7. The van der Waals surface area contributed by atoms with Crippen molar-refractivity contribution in [1.29, 1.82) is 0 Å². The van der Waals surface area contributed by atoms with Gasteiger partial charge in [-0.05, 0) is 106 Å². The molecule has 0 heterocycles. The summed E-state index contributed by atoms with van der Waals surface area (Å²) in [7, 11) is 0. The van der Waals surface area contributed by atoms with Crippen LogP contribution in [0.15, 0.2) is 0 Å². The van der Waals surface area contributed by atoms with Gasteiger partial charge in [0.25, 0.3) is 0 Å². The van der Waals surface area contributed by atoms with Gasteiger partial charge in [-0.15, -0.1) is 0 Å². The summed E-state index contributed by atoms with van der Waals surface area (Å²) in [4.78, 5) is 12.6. The third-order valence-electron chi connectivity index (χ3n) is 9.83. The molecule has 0 aliphatic heterocycles. The molecule has 0 radical (unpaired) electrons. The van der Waals surface area contributed by atoms with E-state index in [0.717, 1.165) is 37.0 Å². The first-order valence-electron chi connectivity index (χ1n) is 11.1. The fourth-order valence-electron chi connectivity index (χ4n) is 8.57. The summed E-state index contributed by atoms with van der Waals surface area (Å²) in [5.74, 6) is 3.85. The monoisotopic (exact) mass is 424 g/mol. The molecule has 0 aromatic heterocycles. The van der Waals surface area contributed by atoms with E-state index in [1.54, 1.807) is 0 Å². The zero-order chi connectivity index (χ0) is 18.7. The van der Waals surface area contributed by atoms with Crippen LogP contribution in [0.2, 0.25) is 0 Å². The number of alkyl halides is 1. The quantitative estimate of drug-likeness (QED) is 0.585. The van der Waals surface area contributed by atoms with Gasteiger partial charge in [0.05, 0.1) is 10.9 Å². The zero-order valence-electron chi connectivity index (χ0n) is 16.9. The maximum atomic E-state index is 12.6. The van der Waals surface area contributed by atoms with Crippen LogP contribution in [0.5, 0.6) is 0 Å². The fraction of sp³-hybridized carbons (Fsp3) is 0.957. The Bertz CT molecular complexity index is 573. The number of Topliss-reactive ketones (excluding diaryl/α,β-unsaturated/α-hetero) is 1. The summed E-state index contributed by atoms with van der Waals surface area (Å²) in [5, 5.41) is 11.2. The molecule has 1 N–H and O–H groups in total. The van der Waals surface area contributed by atoms with Crippen LogP contribution in [0.25, 0.3) is 0 Å². The normalized spacial score (nSPS) is 53.5. The van der Waals surface area contributed by atoms with E-state index in [4.69, 9.17) is 0 Å². The minimum absolute atomic E-state index is 0.244. The Kier molecular flexibility index (Phi) is 4.91. The summed E-state index contributed by atoms with van der Waals surface area (Å²) >= 11 is 3.44. The van der Waals surface area contributed by atoms with Gasteiger partial charge in [0.2, 0.25) is 0 Å². The molecule has 0 aromatic carbocycles. The van der Waals surface area contributed by atoms with E-state index < -0.39 is 5.60 Å². The number of carbonyl (C=O) groups is 1. The summed E-state index contributed by atoms with van der Waals surface area (Å²) < 4.78 is 0. The van der Waals surface area contributed by atoms with E-state index in [1.807, 2.05) is 0 Å². The molecule has 148 valence electrons. The van der Waals surface area contributed by atoms with Crippen molar-refractivity contribution in [3.8, 4) is 0 Å². The van der Waals surface area contributed by atoms with Gasteiger partial charge >= 0.3 is 0 Å². The van der Waals surface area contributed by atoms with Crippen molar-refractivity contribution in [3.05, 3.63) is 0 Å². The number of halogens is 1. The number of rotatable bonds is 3. The molecular weight excluding hydrogens is 388 g/mol. The summed E-state index contributed by atoms with van der Waals surface area (Å²) in [5.41, 5.74) is 0.262. The molecule has 2 nitrogen and oxygen atoms in total. The SMILES string of the molecule is CC[C@]12CC[C@@](C)(O)C[C@@H]1CC[C@H]1[C@@H]3CC[C@H](C(=O)CBr)[C@@]3(C)CC[C@@H]12. The second-order valence-corrected chi connectivity index (χ2v) is 11.3. The fourth-order valence-corrected chi connectivity index (χ4v) is 8.96. The van der Waals surface area contributed by atoms with Crippen LogP contribution in [-0.4, -0.2) is 21.8 Å². The minimum atomic E-state index is -0.444. The highest BCUT2D eigenvalue weighted by molar-refractivity contribution is 9.09. The molecular formula is C23H37BrO2. The van der Waals surface area contributed by atoms with E-state index in [2.05, 4.69) is 36.7 Å². The summed E-state index contributed by atoms with van der Waals surface area (Å²) in [6.07, 6.45) is 12.1. The molecule has 4 aliphatic carbocycles. The van der Waals surface area contributed by atoms with Crippen LogP contribution in [-0.2, 0) is 4.79 Å². The highest BCUT2D eigenvalue weighted by Gasteiger charge is 2.62. The highest BCUT2D eigenvalue weighted by atomic mass is 79.9. The summed E-state index contributed by atoms with van der Waals surface area (Å²) in [6, 6.07) is 0. The average molecular weight is 425 g/mol. The largest absolute Gasteiger partial charge is 0.390 e. The number of fused-ring (bicyclic) bond motifs is 5. The van der Waals surface area contributed by atoms with Gasteiger partial charge in [-0.1, -0.05) is 29.8 Å². The Morgan fingerprint density at radius 3 is 2.50 bits per heavy atom. The molecule has 4 rings (SSSR count). The molecule has 0 amide bonds. The lowest BCUT2D eigenvalue weighted by Gasteiger charge is -2.63. The molecule has 0 saturated heterocycles. The first-order valence-corrected chi connectivity index (χ1v) is 12.2. The predicted molar refractivity (Wildman–Crippen MR) is 109 cm³/mol. The van der Waals surface area contributed by atoms with Gasteiger partial charge in [0.1, 0.15) is 5.78 Å². The highest BCUT2D eigenvalue weighted by Crippen LogP contribution is 2.68. The smallest absolute Gasteiger partial charge is 0.147 e. The molecule has 0 unspecified atom stereocenters. The van der Waals surface area contributed by atoms with Crippen LogP contribution in [0, 0.1) is 40.4 Å². The lowest BCUT2D eigenvalue weighted by atomic mass is 9.42. The molecule has 0 bridgehead atoms. The van der Waals surface area contributed by atoms with E-state index in [0.29, 0.717) is 22.4 Å². The molecule has 4 saturated carbocycles. The molecule has 4 aliphatic rings. The molecule has 0 spiro atoms. The summed E-state index contributed by atoms with van der Waals surface area (Å²) in [6.45, 7) is 6.92. The van der Waals surface area contributed by atoms with Crippen LogP contribution in [0.4, 0.5) is 0 Å². The zero-order valence-corrected chi connectivity index (χ0v) is 18.5.